The highest BCUT2D eigenvalue weighted by Gasteiger charge is 2.51. The molecular formula is C31H35F3N2O6. The molecule has 0 spiro atoms. The molecule has 0 heterocycles. The van der Waals surface area contributed by atoms with Crippen LogP contribution in [-0.4, -0.2) is 43.6 Å². The van der Waals surface area contributed by atoms with Gasteiger partial charge in [-0.3, -0.25) is 14.4 Å². The Morgan fingerprint density at radius 1 is 0.905 bits per heavy atom. The summed E-state index contributed by atoms with van der Waals surface area (Å²) < 4.78 is 59.7. The van der Waals surface area contributed by atoms with Crippen molar-refractivity contribution in [2.75, 3.05) is 19.0 Å². The highest BCUT2D eigenvalue weighted by Crippen LogP contribution is 2.49. The van der Waals surface area contributed by atoms with E-state index < -0.39 is 46.9 Å². The molecule has 3 saturated carbocycles. The zero-order chi connectivity index (χ0) is 30.0. The van der Waals surface area contributed by atoms with Gasteiger partial charge in [-0.1, -0.05) is 6.07 Å². The molecule has 42 heavy (non-hydrogen) atoms. The van der Waals surface area contributed by atoms with Crippen LogP contribution in [0.25, 0.3) is 0 Å². The lowest BCUT2D eigenvalue weighted by atomic mass is 9.83. The van der Waals surface area contributed by atoms with Gasteiger partial charge in [0, 0.05) is 12.1 Å². The molecule has 0 saturated heterocycles. The van der Waals surface area contributed by atoms with E-state index in [0.29, 0.717) is 38.7 Å². The number of benzene rings is 2. The van der Waals surface area contributed by atoms with Crippen LogP contribution < -0.4 is 20.1 Å². The third kappa shape index (κ3) is 6.05. The number of carbonyl (C=O) groups excluding carboxylic acids is 3. The van der Waals surface area contributed by atoms with Gasteiger partial charge >= 0.3 is 5.97 Å². The van der Waals surface area contributed by atoms with Gasteiger partial charge in [-0.15, -0.1) is 0 Å². The predicted octanol–water partition coefficient (Wildman–Crippen LogP) is 5.40. The number of rotatable bonds is 9. The summed E-state index contributed by atoms with van der Waals surface area (Å²) in [5.41, 5.74) is -0.482. The van der Waals surface area contributed by atoms with E-state index in [0.717, 1.165) is 31.0 Å². The van der Waals surface area contributed by atoms with Crippen LogP contribution in [0.5, 0.6) is 11.5 Å². The summed E-state index contributed by atoms with van der Waals surface area (Å²) in [7, 11) is 1.32. The lowest BCUT2D eigenvalue weighted by Gasteiger charge is -2.31. The predicted molar refractivity (Wildman–Crippen MR) is 147 cm³/mol. The van der Waals surface area contributed by atoms with E-state index in [1.165, 1.54) is 19.2 Å². The number of halogens is 3. The number of methoxy groups -OCH3 is 1. The van der Waals surface area contributed by atoms with E-state index in [9.17, 15) is 27.6 Å². The van der Waals surface area contributed by atoms with Gasteiger partial charge in [0.2, 0.25) is 5.91 Å². The maximum Gasteiger partial charge on any atom is 0.308 e. The second kappa shape index (κ2) is 12.6. The van der Waals surface area contributed by atoms with Gasteiger partial charge in [0.05, 0.1) is 37.2 Å². The summed E-state index contributed by atoms with van der Waals surface area (Å²) in [6.07, 6.45) is 4.10. The Labute approximate surface area is 242 Å². The molecule has 11 heteroatoms. The molecule has 3 aliphatic carbocycles. The minimum atomic E-state index is -0.884. The molecule has 4 atom stereocenters. The van der Waals surface area contributed by atoms with Crippen molar-refractivity contribution >= 4 is 23.5 Å². The van der Waals surface area contributed by atoms with Crippen molar-refractivity contribution in [1.29, 1.82) is 0 Å². The van der Waals surface area contributed by atoms with Gasteiger partial charge in [0.25, 0.3) is 5.91 Å². The first-order valence-electron chi connectivity index (χ1n) is 14.5. The second-order valence-corrected chi connectivity index (χ2v) is 11.3. The number of nitrogens with one attached hydrogen (secondary N) is 2. The maximum absolute atomic E-state index is 15.0. The van der Waals surface area contributed by atoms with Gasteiger partial charge in [0.1, 0.15) is 23.1 Å². The number of fused-ring (bicyclic) bond motifs is 2. The smallest absolute Gasteiger partial charge is 0.308 e. The summed E-state index contributed by atoms with van der Waals surface area (Å²) in [4.78, 5) is 38.9. The Kier molecular flexibility index (Phi) is 8.93. The number of hydrogen-bond acceptors (Lipinski definition) is 6. The first-order chi connectivity index (χ1) is 20.2. The fraction of sp³-hybridized carbons (Fsp3) is 0.516. The first kappa shape index (κ1) is 29.7. The van der Waals surface area contributed by atoms with E-state index in [4.69, 9.17) is 14.2 Å². The summed E-state index contributed by atoms with van der Waals surface area (Å²) in [5, 5.41) is 5.32. The lowest BCUT2D eigenvalue weighted by molar-refractivity contribution is -0.149. The van der Waals surface area contributed by atoms with E-state index in [1.807, 2.05) is 0 Å². The largest absolute Gasteiger partial charge is 0.496 e. The molecule has 2 aromatic carbocycles. The molecule has 0 radical (unpaired) electrons. The average Bonchev–Trinajstić information content (AvgIpc) is 3.58. The van der Waals surface area contributed by atoms with E-state index >= 15 is 0 Å². The highest BCUT2D eigenvalue weighted by molar-refractivity contribution is 5.99. The SMILES string of the molecule is CCOC(=O)[C@H]1CC[C@@H](Oc2cc(C(=O)N[C@@H]3[C@H]4CC[C@H](C4)[C@@H]3C(=O)Nc3c(F)cccc3F)c(OC)cc2F)CC1. The van der Waals surface area contributed by atoms with E-state index in [-0.39, 0.29) is 46.9 Å². The van der Waals surface area contributed by atoms with Crippen LogP contribution in [0.3, 0.4) is 0 Å². The van der Waals surface area contributed by atoms with Crippen molar-refractivity contribution in [3.63, 3.8) is 0 Å². The Balaban J connectivity index is 1.30. The number of hydrogen-bond donors (Lipinski definition) is 2. The van der Waals surface area contributed by atoms with Crippen molar-refractivity contribution in [2.45, 2.75) is 64.0 Å². The summed E-state index contributed by atoms with van der Waals surface area (Å²) in [5.74, 6) is -4.89. The van der Waals surface area contributed by atoms with Crippen LogP contribution in [0.1, 0.15) is 62.2 Å². The van der Waals surface area contributed by atoms with Crippen molar-refractivity contribution < 1.29 is 41.8 Å². The molecule has 0 unspecified atom stereocenters. The summed E-state index contributed by atoms with van der Waals surface area (Å²) >= 11 is 0. The molecule has 2 bridgehead atoms. The quantitative estimate of drug-likeness (QED) is 0.381. The summed E-state index contributed by atoms with van der Waals surface area (Å²) in [6.45, 7) is 2.07. The zero-order valence-electron chi connectivity index (χ0n) is 23.6. The van der Waals surface area contributed by atoms with Gasteiger partial charge in [-0.2, -0.15) is 0 Å². The molecule has 2 N–H and O–H groups in total. The molecule has 2 amide bonds. The summed E-state index contributed by atoms with van der Waals surface area (Å²) in [6, 6.07) is 5.13. The zero-order valence-corrected chi connectivity index (χ0v) is 23.6. The normalized spacial score (nSPS) is 26.4. The Morgan fingerprint density at radius 2 is 1.60 bits per heavy atom. The van der Waals surface area contributed by atoms with E-state index in [1.54, 1.807) is 6.92 Å². The fourth-order valence-electron chi connectivity index (χ4n) is 6.76. The molecule has 2 aromatic rings. The molecule has 0 aromatic heterocycles. The van der Waals surface area contributed by atoms with Gasteiger partial charge in [-0.25, -0.2) is 13.2 Å². The molecule has 0 aliphatic heterocycles. The van der Waals surface area contributed by atoms with Crippen LogP contribution >= 0.6 is 0 Å². The number of ether oxygens (including phenoxy) is 3. The molecule has 8 nitrogen and oxygen atoms in total. The number of para-hydroxylation sites is 1. The van der Waals surface area contributed by atoms with Gasteiger partial charge in [-0.05, 0) is 81.9 Å². The van der Waals surface area contributed by atoms with Crippen molar-refractivity contribution in [1.82, 2.24) is 5.32 Å². The minimum Gasteiger partial charge on any atom is -0.496 e. The number of esters is 1. The maximum atomic E-state index is 15.0. The molecule has 3 fully saturated rings. The van der Waals surface area contributed by atoms with Crippen LogP contribution in [0, 0.1) is 41.1 Å². The number of carbonyl (C=O) groups is 3. The molecule has 3 aliphatic rings. The molecule has 226 valence electrons. The monoisotopic (exact) mass is 588 g/mol. The van der Waals surface area contributed by atoms with Crippen LogP contribution in [0.15, 0.2) is 30.3 Å². The Hall–Kier alpha value is -3.76. The standard InChI is InChI=1S/C31H35F3N2O6/c1-3-41-31(39)16-9-11-19(12-10-16)42-25-14-20(24(40-2)15-23(25)34)29(37)35-27-18-8-7-17(13-18)26(27)30(38)36-28-21(32)5-4-6-22(28)33/h4-6,14-19,26-27H,3,7-13H2,1-2H3,(H,35,37)(H,36,38)/t16-,17-,18+,19+,26+,27-/m1/s1. The van der Waals surface area contributed by atoms with Crippen molar-refractivity contribution in [3.05, 3.63) is 53.3 Å². The Bertz CT molecular complexity index is 1330. The van der Waals surface area contributed by atoms with Gasteiger partial charge in [0.15, 0.2) is 11.6 Å². The lowest BCUT2D eigenvalue weighted by Crippen LogP contribution is -2.48. The van der Waals surface area contributed by atoms with Gasteiger partial charge < -0.3 is 24.8 Å². The first-order valence-corrected chi connectivity index (χ1v) is 14.5. The van der Waals surface area contributed by atoms with Crippen molar-refractivity contribution in [2.24, 2.45) is 23.7 Å². The molecular weight excluding hydrogens is 553 g/mol. The minimum absolute atomic E-state index is 0.000884. The van der Waals surface area contributed by atoms with Crippen LogP contribution in [-0.2, 0) is 14.3 Å². The average molecular weight is 589 g/mol. The van der Waals surface area contributed by atoms with Crippen LogP contribution in [0.2, 0.25) is 0 Å². The number of amides is 2. The highest BCUT2D eigenvalue weighted by atomic mass is 19.1. The third-order valence-electron chi connectivity index (χ3n) is 8.81. The topological polar surface area (TPSA) is 103 Å². The fourth-order valence-corrected chi connectivity index (χ4v) is 6.76. The van der Waals surface area contributed by atoms with E-state index in [2.05, 4.69) is 10.6 Å². The number of anilines is 1. The Morgan fingerprint density at radius 3 is 2.26 bits per heavy atom. The third-order valence-corrected chi connectivity index (χ3v) is 8.81. The van der Waals surface area contributed by atoms with Crippen molar-refractivity contribution in [3.8, 4) is 11.5 Å². The molecule has 5 rings (SSSR count). The second-order valence-electron chi connectivity index (χ2n) is 11.3. The van der Waals surface area contributed by atoms with Crippen LogP contribution in [0.4, 0.5) is 18.9 Å².